The molecule has 11 rings (SSSR count). The first-order valence-corrected chi connectivity index (χ1v) is 21.0. The summed E-state index contributed by atoms with van der Waals surface area (Å²) in [4.78, 5) is 2.56. The molecule has 0 saturated heterocycles. The van der Waals surface area contributed by atoms with Gasteiger partial charge in [0.2, 0.25) is 0 Å². The monoisotopic (exact) mass is 761 g/mol. The standard InChI is InChI=1S/C54H35NS2/c1-5-16-36(17-6-1)40-29-32-46(45(34-40)39-22-11-4-12-23-39)55(47-25-15-27-50-52(47)44-30-28-41(35-51(44)56-50)37-18-7-2-8-19-37)48-33-31-42(38-20-9-3-10-21-38)54-53(48)43-24-13-14-26-49(43)57-54/h1-35H. The predicted octanol–water partition coefficient (Wildman–Crippen LogP) is 16.6. The van der Waals surface area contributed by atoms with Crippen LogP contribution < -0.4 is 4.90 Å². The summed E-state index contributed by atoms with van der Waals surface area (Å²) in [5.41, 5.74) is 13.2. The minimum absolute atomic E-state index is 1.14. The number of hydrogen-bond donors (Lipinski definition) is 0. The third-order valence-electron chi connectivity index (χ3n) is 11.1. The number of benzene rings is 9. The molecule has 3 heteroatoms. The zero-order valence-electron chi connectivity index (χ0n) is 31.0. The second-order valence-corrected chi connectivity index (χ2v) is 16.6. The van der Waals surface area contributed by atoms with E-state index in [1.54, 1.807) is 0 Å². The summed E-state index contributed by atoms with van der Waals surface area (Å²) >= 11 is 3.76. The predicted molar refractivity (Wildman–Crippen MR) is 249 cm³/mol. The van der Waals surface area contributed by atoms with E-state index in [4.69, 9.17) is 0 Å². The molecule has 1 nitrogen and oxygen atoms in total. The van der Waals surface area contributed by atoms with Crippen molar-refractivity contribution >= 4 is 80.1 Å². The first-order valence-electron chi connectivity index (χ1n) is 19.3. The normalized spacial score (nSPS) is 11.5. The van der Waals surface area contributed by atoms with E-state index in [1.165, 1.54) is 96.2 Å². The Hall–Kier alpha value is -6.78. The van der Waals surface area contributed by atoms with Gasteiger partial charge in [-0.15, -0.1) is 22.7 Å². The Kier molecular flexibility index (Phi) is 8.28. The highest BCUT2D eigenvalue weighted by Gasteiger charge is 2.26. The molecular formula is C54H35NS2. The Balaban J connectivity index is 1.24. The van der Waals surface area contributed by atoms with Crippen molar-refractivity contribution in [3.63, 3.8) is 0 Å². The van der Waals surface area contributed by atoms with E-state index in [0.29, 0.717) is 0 Å². The zero-order valence-corrected chi connectivity index (χ0v) is 32.6. The summed E-state index contributed by atoms with van der Waals surface area (Å²) in [7, 11) is 0. The van der Waals surface area contributed by atoms with Crippen LogP contribution in [0.1, 0.15) is 0 Å². The molecule has 0 N–H and O–H groups in total. The lowest BCUT2D eigenvalue weighted by atomic mass is 9.95. The fourth-order valence-corrected chi connectivity index (χ4v) is 10.9. The highest BCUT2D eigenvalue weighted by atomic mass is 32.1. The third-order valence-corrected chi connectivity index (χ3v) is 13.4. The highest BCUT2D eigenvalue weighted by Crippen LogP contribution is 2.53. The number of nitrogens with zero attached hydrogens (tertiary/aromatic N) is 1. The van der Waals surface area contributed by atoms with Crippen molar-refractivity contribution in [3.05, 3.63) is 212 Å². The number of hydrogen-bond acceptors (Lipinski definition) is 3. The Morgan fingerprint density at radius 2 is 0.807 bits per heavy atom. The van der Waals surface area contributed by atoms with E-state index in [1.807, 2.05) is 22.7 Å². The molecule has 0 amide bonds. The molecule has 2 heterocycles. The van der Waals surface area contributed by atoms with Crippen LogP contribution in [0.25, 0.3) is 84.9 Å². The lowest BCUT2D eigenvalue weighted by molar-refractivity contribution is 1.32. The molecule has 11 aromatic rings. The van der Waals surface area contributed by atoms with Crippen molar-refractivity contribution in [1.82, 2.24) is 0 Å². The van der Waals surface area contributed by atoms with Crippen LogP contribution in [0.15, 0.2) is 212 Å². The molecule has 57 heavy (non-hydrogen) atoms. The van der Waals surface area contributed by atoms with Crippen LogP contribution in [-0.2, 0) is 0 Å². The minimum Gasteiger partial charge on any atom is -0.309 e. The van der Waals surface area contributed by atoms with Gasteiger partial charge in [-0.2, -0.15) is 0 Å². The van der Waals surface area contributed by atoms with E-state index in [0.717, 1.165) is 5.69 Å². The average Bonchev–Trinajstić information content (AvgIpc) is 3.87. The van der Waals surface area contributed by atoms with Crippen molar-refractivity contribution in [2.75, 3.05) is 4.90 Å². The van der Waals surface area contributed by atoms with Crippen LogP contribution in [0.5, 0.6) is 0 Å². The molecule has 0 spiro atoms. The number of rotatable bonds is 7. The van der Waals surface area contributed by atoms with Crippen LogP contribution >= 0.6 is 22.7 Å². The van der Waals surface area contributed by atoms with Gasteiger partial charge in [-0.1, -0.05) is 170 Å². The molecular weight excluding hydrogens is 727 g/mol. The summed E-state index contributed by atoms with van der Waals surface area (Å²) < 4.78 is 5.13. The van der Waals surface area contributed by atoms with Crippen molar-refractivity contribution in [1.29, 1.82) is 0 Å². The number of thiophene rings is 2. The molecule has 9 aromatic carbocycles. The van der Waals surface area contributed by atoms with Crippen molar-refractivity contribution in [2.24, 2.45) is 0 Å². The van der Waals surface area contributed by atoms with Gasteiger partial charge in [-0.25, -0.2) is 0 Å². The van der Waals surface area contributed by atoms with Gasteiger partial charge >= 0.3 is 0 Å². The van der Waals surface area contributed by atoms with E-state index < -0.39 is 0 Å². The Morgan fingerprint density at radius 1 is 0.281 bits per heavy atom. The van der Waals surface area contributed by atoms with Gasteiger partial charge in [0.15, 0.2) is 0 Å². The Morgan fingerprint density at radius 3 is 1.51 bits per heavy atom. The SMILES string of the molecule is c1ccc(-c2ccc(N(c3cccc4sc5cc(-c6ccccc6)ccc5c34)c3ccc(-c4ccccc4)c4sc5ccccc5c34)c(-c3ccccc3)c2)cc1. The Labute approximate surface area is 340 Å². The zero-order chi connectivity index (χ0) is 37.7. The largest absolute Gasteiger partial charge is 0.309 e. The van der Waals surface area contributed by atoms with Crippen LogP contribution in [0.3, 0.4) is 0 Å². The minimum atomic E-state index is 1.14. The van der Waals surface area contributed by atoms with Crippen LogP contribution in [0.2, 0.25) is 0 Å². The smallest absolute Gasteiger partial charge is 0.0555 e. The summed E-state index contributed by atoms with van der Waals surface area (Å²) in [5, 5.41) is 5.08. The van der Waals surface area contributed by atoms with E-state index in [2.05, 4.69) is 217 Å². The van der Waals surface area contributed by atoms with Crippen molar-refractivity contribution in [3.8, 4) is 44.5 Å². The van der Waals surface area contributed by atoms with E-state index in [9.17, 15) is 0 Å². The van der Waals surface area contributed by atoms with Gasteiger partial charge in [-0.3, -0.25) is 0 Å². The van der Waals surface area contributed by atoms with Gasteiger partial charge in [0.05, 0.1) is 17.1 Å². The summed E-state index contributed by atoms with van der Waals surface area (Å²) in [6, 6.07) is 77.6. The molecule has 0 bridgehead atoms. The molecule has 0 aliphatic heterocycles. The second kappa shape index (κ2) is 14.1. The fourth-order valence-electron chi connectivity index (χ4n) is 8.43. The number of anilines is 3. The third kappa shape index (κ3) is 5.83. The van der Waals surface area contributed by atoms with Gasteiger partial charge < -0.3 is 4.90 Å². The van der Waals surface area contributed by atoms with Gasteiger partial charge in [0, 0.05) is 45.9 Å². The fraction of sp³-hybridized carbons (Fsp3) is 0. The second-order valence-electron chi connectivity index (χ2n) is 14.4. The molecule has 0 atom stereocenters. The van der Waals surface area contributed by atoms with E-state index in [-0.39, 0.29) is 0 Å². The quantitative estimate of drug-likeness (QED) is 0.156. The van der Waals surface area contributed by atoms with Crippen molar-refractivity contribution in [2.45, 2.75) is 0 Å². The lowest BCUT2D eigenvalue weighted by Gasteiger charge is -2.30. The lowest BCUT2D eigenvalue weighted by Crippen LogP contribution is -2.12. The Bertz CT molecular complexity index is 3220. The van der Waals surface area contributed by atoms with Gasteiger partial charge in [0.25, 0.3) is 0 Å². The maximum Gasteiger partial charge on any atom is 0.0555 e. The maximum absolute atomic E-state index is 2.56. The molecule has 0 saturated carbocycles. The van der Waals surface area contributed by atoms with Crippen molar-refractivity contribution < 1.29 is 0 Å². The first kappa shape index (κ1) is 33.5. The molecule has 0 fully saturated rings. The highest BCUT2D eigenvalue weighted by molar-refractivity contribution is 7.26. The summed E-state index contributed by atoms with van der Waals surface area (Å²) in [5.74, 6) is 0. The average molecular weight is 762 g/mol. The van der Waals surface area contributed by atoms with Gasteiger partial charge in [0.1, 0.15) is 0 Å². The molecule has 0 radical (unpaired) electrons. The van der Waals surface area contributed by atoms with Crippen LogP contribution in [-0.4, -0.2) is 0 Å². The number of fused-ring (bicyclic) bond motifs is 6. The molecule has 2 aromatic heterocycles. The van der Waals surface area contributed by atoms with Crippen LogP contribution in [0, 0.1) is 0 Å². The molecule has 0 aliphatic rings. The molecule has 0 unspecified atom stereocenters. The van der Waals surface area contributed by atoms with Crippen LogP contribution in [0.4, 0.5) is 17.1 Å². The van der Waals surface area contributed by atoms with Gasteiger partial charge in [-0.05, 0) is 81.4 Å². The summed E-state index contributed by atoms with van der Waals surface area (Å²) in [6.45, 7) is 0. The molecule has 0 aliphatic carbocycles. The first-order chi connectivity index (χ1) is 28.3. The molecule has 268 valence electrons. The van der Waals surface area contributed by atoms with E-state index >= 15 is 0 Å². The summed E-state index contributed by atoms with van der Waals surface area (Å²) in [6.07, 6.45) is 0. The maximum atomic E-state index is 2.56. The topological polar surface area (TPSA) is 3.24 Å².